The van der Waals surface area contributed by atoms with Crippen LogP contribution in [0.4, 0.5) is 0 Å². The highest BCUT2D eigenvalue weighted by molar-refractivity contribution is 6.57. The second-order valence-corrected chi connectivity index (χ2v) is 8.22. The molecule has 0 aromatic heterocycles. The van der Waals surface area contributed by atoms with Gasteiger partial charge >= 0.3 is 11.9 Å². The molecular formula is C14H22Cl4O5. The number of carboxylic acids is 2. The van der Waals surface area contributed by atoms with Gasteiger partial charge in [-0.25, -0.2) is 9.59 Å². The van der Waals surface area contributed by atoms with Crippen molar-refractivity contribution in [3.05, 3.63) is 0 Å². The molecule has 0 aliphatic rings. The lowest BCUT2D eigenvalue weighted by molar-refractivity contribution is -0.138. The van der Waals surface area contributed by atoms with E-state index in [1.807, 2.05) is 0 Å². The largest absolute Gasteiger partial charge is 0.479 e. The highest BCUT2D eigenvalue weighted by Gasteiger charge is 2.33. The molecule has 0 bridgehead atoms. The molecule has 0 fully saturated rings. The molecule has 0 heterocycles. The fourth-order valence-electron chi connectivity index (χ4n) is 1.77. The summed E-state index contributed by atoms with van der Waals surface area (Å²) in [6, 6.07) is 0. The summed E-state index contributed by atoms with van der Waals surface area (Å²) < 4.78 is 2.01. The fourth-order valence-corrected chi connectivity index (χ4v) is 2.31. The molecule has 0 saturated carbocycles. The molecule has 23 heavy (non-hydrogen) atoms. The van der Waals surface area contributed by atoms with Gasteiger partial charge in [0.05, 0.1) is 0 Å². The van der Waals surface area contributed by atoms with Crippen LogP contribution in [-0.4, -0.2) is 44.0 Å². The van der Waals surface area contributed by atoms with Gasteiger partial charge in [0.1, 0.15) is 0 Å². The molecule has 0 radical (unpaired) electrons. The Bertz CT molecular complexity index is 340. The van der Waals surface area contributed by atoms with Crippen molar-refractivity contribution in [3.8, 4) is 0 Å². The minimum absolute atomic E-state index is 0.202. The highest BCUT2D eigenvalue weighted by Crippen LogP contribution is 2.28. The summed E-state index contributed by atoms with van der Waals surface area (Å²) in [6.45, 7) is 1.16. The summed E-state index contributed by atoms with van der Waals surface area (Å²) in [6.07, 6.45) is 4.81. The number of carbonyl (C=O) groups is 2. The number of hydrogen-bond acceptors (Lipinski definition) is 3. The van der Waals surface area contributed by atoms with Crippen molar-refractivity contribution in [2.45, 2.75) is 60.0 Å². The summed E-state index contributed by atoms with van der Waals surface area (Å²) in [4.78, 5) is 21.3. The second kappa shape index (κ2) is 11.6. The third kappa shape index (κ3) is 11.3. The standard InChI is InChI=1S/C14H22Cl4O5/c15-13(16,11(19)20)7-3-1-5-9-23-10-6-2-4-8-14(17,18)12(21)22/h1-10H2,(H,19,20)(H,21,22). The quantitative estimate of drug-likeness (QED) is 0.321. The van der Waals surface area contributed by atoms with Crippen LogP contribution in [0.5, 0.6) is 0 Å². The van der Waals surface area contributed by atoms with Crippen LogP contribution in [0, 0.1) is 0 Å². The van der Waals surface area contributed by atoms with E-state index in [0.717, 1.165) is 25.7 Å². The van der Waals surface area contributed by atoms with Gasteiger partial charge in [0.2, 0.25) is 8.67 Å². The van der Waals surface area contributed by atoms with E-state index in [-0.39, 0.29) is 12.8 Å². The van der Waals surface area contributed by atoms with E-state index in [2.05, 4.69) is 0 Å². The van der Waals surface area contributed by atoms with Gasteiger partial charge in [-0.15, -0.1) is 0 Å². The average molecular weight is 412 g/mol. The molecule has 0 saturated heterocycles. The maximum absolute atomic E-state index is 10.7. The Labute approximate surface area is 156 Å². The highest BCUT2D eigenvalue weighted by atomic mass is 35.5. The first-order valence-corrected chi connectivity index (χ1v) is 8.91. The van der Waals surface area contributed by atoms with Crippen molar-refractivity contribution in [1.29, 1.82) is 0 Å². The van der Waals surface area contributed by atoms with Gasteiger partial charge in [0, 0.05) is 13.2 Å². The zero-order valence-corrected chi connectivity index (χ0v) is 15.7. The fraction of sp³-hybridized carbons (Fsp3) is 0.857. The van der Waals surface area contributed by atoms with E-state index in [1.165, 1.54) is 0 Å². The molecule has 0 atom stereocenters. The Morgan fingerprint density at radius 1 is 0.696 bits per heavy atom. The topological polar surface area (TPSA) is 83.8 Å². The summed E-state index contributed by atoms with van der Waals surface area (Å²) in [5, 5.41) is 17.5. The lowest BCUT2D eigenvalue weighted by Crippen LogP contribution is -2.25. The molecule has 0 aliphatic carbocycles. The third-order valence-electron chi connectivity index (χ3n) is 3.18. The van der Waals surface area contributed by atoms with Gasteiger partial charge < -0.3 is 14.9 Å². The monoisotopic (exact) mass is 410 g/mol. The molecule has 5 nitrogen and oxygen atoms in total. The molecule has 136 valence electrons. The number of carboxylic acid groups (broad SMARTS) is 2. The van der Waals surface area contributed by atoms with Crippen molar-refractivity contribution < 1.29 is 24.5 Å². The van der Waals surface area contributed by atoms with Crippen molar-refractivity contribution in [2.75, 3.05) is 13.2 Å². The van der Waals surface area contributed by atoms with Crippen LogP contribution in [0.15, 0.2) is 0 Å². The number of rotatable bonds is 14. The number of alkyl halides is 4. The molecule has 2 N–H and O–H groups in total. The Balaban J connectivity index is 3.41. The molecule has 0 spiro atoms. The summed E-state index contributed by atoms with van der Waals surface area (Å²) in [7, 11) is 0. The van der Waals surface area contributed by atoms with Gasteiger partial charge in [-0.3, -0.25) is 0 Å². The molecule has 0 aliphatic heterocycles. The Kier molecular flexibility index (Phi) is 11.6. The number of aliphatic carboxylic acids is 2. The predicted octanol–water partition coefficient (Wildman–Crippen LogP) is 4.64. The minimum Gasteiger partial charge on any atom is -0.479 e. The van der Waals surface area contributed by atoms with E-state index in [1.54, 1.807) is 0 Å². The first-order valence-electron chi connectivity index (χ1n) is 7.40. The van der Waals surface area contributed by atoms with E-state index in [4.69, 9.17) is 61.4 Å². The number of hydrogen-bond donors (Lipinski definition) is 2. The zero-order valence-electron chi connectivity index (χ0n) is 12.7. The normalized spacial score (nSPS) is 12.3. The van der Waals surface area contributed by atoms with Gasteiger partial charge in [-0.2, -0.15) is 0 Å². The molecule has 0 amide bonds. The average Bonchev–Trinajstić information content (AvgIpc) is 2.44. The number of ether oxygens (including phenoxy) is 1. The molecule has 9 heteroatoms. The Morgan fingerprint density at radius 3 is 1.35 bits per heavy atom. The van der Waals surface area contributed by atoms with Crippen LogP contribution >= 0.6 is 46.4 Å². The molecular weight excluding hydrogens is 390 g/mol. The predicted molar refractivity (Wildman–Crippen MR) is 91.9 cm³/mol. The summed E-state index contributed by atoms with van der Waals surface area (Å²) >= 11 is 22.5. The zero-order chi connectivity index (χ0) is 17.9. The Hall–Kier alpha value is 0.0600. The smallest absolute Gasteiger partial charge is 0.340 e. The van der Waals surface area contributed by atoms with Crippen molar-refractivity contribution in [2.24, 2.45) is 0 Å². The van der Waals surface area contributed by atoms with E-state index >= 15 is 0 Å². The molecule has 0 rings (SSSR count). The maximum Gasteiger partial charge on any atom is 0.340 e. The van der Waals surface area contributed by atoms with Gasteiger partial charge in [-0.05, 0) is 38.5 Å². The van der Waals surface area contributed by atoms with Gasteiger partial charge in [-0.1, -0.05) is 59.2 Å². The van der Waals surface area contributed by atoms with Crippen LogP contribution in [-0.2, 0) is 14.3 Å². The SMILES string of the molecule is O=C(O)C(Cl)(Cl)CCCCCOCCCCCC(Cl)(Cl)C(=O)O. The number of halogens is 4. The maximum atomic E-state index is 10.7. The summed E-state index contributed by atoms with van der Waals surface area (Å²) in [5.74, 6) is -2.45. The molecule has 0 unspecified atom stereocenters. The van der Waals surface area contributed by atoms with Gasteiger partial charge in [0.25, 0.3) is 0 Å². The second-order valence-electron chi connectivity index (χ2n) is 5.25. The van der Waals surface area contributed by atoms with Crippen LogP contribution in [0.2, 0.25) is 0 Å². The van der Waals surface area contributed by atoms with Crippen LogP contribution in [0.25, 0.3) is 0 Å². The number of unbranched alkanes of at least 4 members (excludes halogenated alkanes) is 4. The first kappa shape index (κ1) is 23.1. The van der Waals surface area contributed by atoms with E-state index < -0.39 is 20.6 Å². The minimum atomic E-state index is -1.71. The van der Waals surface area contributed by atoms with Crippen molar-refractivity contribution in [1.82, 2.24) is 0 Å². The van der Waals surface area contributed by atoms with Crippen molar-refractivity contribution in [3.63, 3.8) is 0 Å². The lowest BCUT2D eigenvalue weighted by atomic mass is 10.1. The van der Waals surface area contributed by atoms with E-state index in [9.17, 15) is 9.59 Å². The van der Waals surface area contributed by atoms with Crippen LogP contribution < -0.4 is 0 Å². The van der Waals surface area contributed by atoms with Crippen LogP contribution in [0.3, 0.4) is 0 Å². The van der Waals surface area contributed by atoms with E-state index in [0.29, 0.717) is 26.1 Å². The lowest BCUT2D eigenvalue weighted by Gasteiger charge is -2.13. The summed E-state index contributed by atoms with van der Waals surface area (Å²) in [5.41, 5.74) is 0. The first-order chi connectivity index (χ1) is 10.6. The third-order valence-corrected chi connectivity index (χ3v) is 4.59. The Morgan fingerprint density at radius 2 is 1.04 bits per heavy atom. The van der Waals surface area contributed by atoms with Crippen molar-refractivity contribution >= 4 is 58.3 Å². The molecule has 0 aromatic rings. The van der Waals surface area contributed by atoms with Gasteiger partial charge in [0.15, 0.2) is 0 Å². The van der Waals surface area contributed by atoms with Crippen LogP contribution in [0.1, 0.15) is 51.4 Å². The molecule has 0 aromatic carbocycles.